The van der Waals surface area contributed by atoms with Gasteiger partial charge in [0.25, 0.3) is 0 Å². The molecule has 0 radical (unpaired) electrons. The van der Waals surface area contributed by atoms with E-state index in [2.05, 4.69) is 10.6 Å². The fourth-order valence-electron chi connectivity index (χ4n) is 3.54. The lowest BCUT2D eigenvalue weighted by atomic mass is 10.0. The van der Waals surface area contributed by atoms with Crippen molar-refractivity contribution < 1.29 is 9.59 Å². The minimum atomic E-state index is -0.127. The third-order valence-corrected chi connectivity index (χ3v) is 4.80. The number of hydrogen-bond acceptors (Lipinski definition) is 3. The predicted molar refractivity (Wildman–Crippen MR) is 115 cm³/mol. The highest BCUT2D eigenvalue weighted by atomic mass is 16.2. The molecule has 0 fully saturated rings. The molecule has 0 aliphatic rings. The first-order chi connectivity index (χ1) is 13.2. The summed E-state index contributed by atoms with van der Waals surface area (Å²) in [6.45, 7) is 10.3. The quantitative estimate of drug-likeness (QED) is 0.769. The normalized spacial score (nSPS) is 12.0. The van der Waals surface area contributed by atoms with Crippen molar-refractivity contribution >= 4 is 17.5 Å². The summed E-state index contributed by atoms with van der Waals surface area (Å²) in [5.41, 5.74) is 6.34. The van der Waals surface area contributed by atoms with Crippen LogP contribution in [0.3, 0.4) is 0 Å². The predicted octanol–water partition coefficient (Wildman–Crippen LogP) is 3.67. The minimum Gasteiger partial charge on any atom is -0.348 e. The Morgan fingerprint density at radius 1 is 0.929 bits per heavy atom. The standard InChI is InChI=1S/C23H31N3O2/c1-15-11-17(3)23(18(4)12-15)25-22(28)14-26(6)13-21(27)24-19(5)20-10-8-7-9-16(20)2/h7-12,19H,13-14H2,1-6H3,(H,24,27)(H,25,28)/t19-/m0/s1. The minimum absolute atomic E-state index is 0.0752. The molecule has 2 aromatic rings. The highest BCUT2D eigenvalue weighted by molar-refractivity contribution is 5.94. The number of nitrogens with one attached hydrogen (secondary N) is 2. The van der Waals surface area contributed by atoms with E-state index in [-0.39, 0.29) is 30.9 Å². The summed E-state index contributed by atoms with van der Waals surface area (Å²) in [6, 6.07) is 12.0. The van der Waals surface area contributed by atoms with Gasteiger partial charge < -0.3 is 10.6 Å². The Labute approximate surface area is 168 Å². The van der Waals surface area contributed by atoms with Gasteiger partial charge in [0.15, 0.2) is 0 Å². The van der Waals surface area contributed by atoms with Crippen LogP contribution in [0.25, 0.3) is 0 Å². The average Bonchev–Trinajstić information content (AvgIpc) is 2.58. The van der Waals surface area contributed by atoms with Crippen LogP contribution in [0, 0.1) is 27.7 Å². The molecule has 5 heteroatoms. The van der Waals surface area contributed by atoms with Crippen LogP contribution in [-0.4, -0.2) is 36.9 Å². The monoisotopic (exact) mass is 381 g/mol. The van der Waals surface area contributed by atoms with Gasteiger partial charge in [0.05, 0.1) is 19.1 Å². The van der Waals surface area contributed by atoms with E-state index in [0.717, 1.165) is 27.9 Å². The maximum atomic E-state index is 12.4. The molecule has 0 saturated carbocycles. The van der Waals surface area contributed by atoms with E-state index < -0.39 is 0 Å². The first-order valence-electron chi connectivity index (χ1n) is 9.58. The summed E-state index contributed by atoms with van der Waals surface area (Å²) in [7, 11) is 1.77. The van der Waals surface area contributed by atoms with E-state index in [0.29, 0.717) is 0 Å². The van der Waals surface area contributed by atoms with E-state index in [1.54, 1.807) is 11.9 Å². The van der Waals surface area contributed by atoms with E-state index >= 15 is 0 Å². The summed E-state index contributed by atoms with van der Waals surface area (Å²) in [5, 5.41) is 5.97. The first-order valence-corrected chi connectivity index (χ1v) is 9.58. The zero-order valence-corrected chi connectivity index (χ0v) is 17.7. The molecule has 0 unspecified atom stereocenters. The molecule has 0 aromatic heterocycles. The Balaban J connectivity index is 1.87. The van der Waals surface area contributed by atoms with Gasteiger partial charge in [-0.1, -0.05) is 42.0 Å². The van der Waals surface area contributed by atoms with Crippen LogP contribution in [-0.2, 0) is 9.59 Å². The molecule has 150 valence electrons. The van der Waals surface area contributed by atoms with Crippen LogP contribution in [0.4, 0.5) is 5.69 Å². The van der Waals surface area contributed by atoms with Crippen molar-refractivity contribution in [3.05, 3.63) is 64.2 Å². The van der Waals surface area contributed by atoms with Gasteiger partial charge in [-0.3, -0.25) is 14.5 Å². The summed E-state index contributed by atoms with van der Waals surface area (Å²) < 4.78 is 0. The molecule has 2 amide bonds. The molecule has 0 bridgehead atoms. The number of benzene rings is 2. The molecule has 2 rings (SSSR count). The molecule has 1 atom stereocenters. The number of hydrogen-bond donors (Lipinski definition) is 2. The van der Waals surface area contributed by atoms with Gasteiger partial charge in [0.2, 0.25) is 11.8 Å². The largest absolute Gasteiger partial charge is 0.348 e. The molecule has 2 N–H and O–H groups in total. The molecule has 0 aliphatic heterocycles. The van der Waals surface area contributed by atoms with Crippen molar-refractivity contribution in [2.75, 3.05) is 25.5 Å². The second-order valence-corrected chi connectivity index (χ2v) is 7.64. The van der Waals surface area contributed by atoms with Crippen molar-refractivity contribution in [2.24, 2.45) is 0 Å². The Morgan fingerprint density at radius 2 is 1.50 bits per heavy atom. The average molecular weight is 382 g/mol. The number of nitrogens with zero attached hydrogens (tertiary/aromatic N) is 1. The van der Waals surface area contributed by atoms with E-state index in [1.807, 2.05) is 71.0 Å². The number of anilines is 1. The lowest BCUT2D eigenvalue weighted by Gasteiger charge is -2.20. The fraction of sp³-hybridized carbons (Fsp3) is 0.391. The number of rotatable bonds is 7. The van der Waals surface area contributed by atoms with Crippen LogP contribution >= 0.6 is 0 Å². The number of aryl methyl sites for hydroxylation is 4. The molecular formula is C23H31N3O2. The lowest BCUT2D eigenvalue weighted by molar-refractivity contribution is -0.123. The zero-order valence-electron chi connectivity index (χ0n) is 17.7. The van der Waals surface area contributed by atoms with Gasteiger partial charge in [0, 0.05) is 5.69 Å². The molecular weight excluding hydrogens is 350 g/mol. The van der Waals surface area contributed by atoms with Gasteiger partial charge >= 0.3 is 0 Å². The molecule has 0 spiro atoms. The SMILES string of the molecule is Cc1cc(C)c(NC(=O)CN(C)CC(=O)N[C@@H](C)c2ccccc2C)c(C)c1. The Morgan fingerprint density at radius 3 is 2.11 bits per heavy atom. The lowest BCUT2D eigenvalue weighted by Crippen LogP contribution is -2.39. The Hall–Kier alpha value is -2.66. The van der Waals surface area contributed by atoms with Crippen molar-refractivity contribution in [1.82, 2.24) is 10.2 Å². The fourth-order valence-corrected chi connectivity index (χ4v) is 3.54. The van der Waals surface area contributed by atoms with E-state index in [4.69, 9.17) is 0 Å². The van der Waals surface area contributed by atoms with Crippen LogP contribution < -0.4 is 10.6 Å². The number of carbonyl (C=O) groups is 2. The Kier molecular flexibility index (Phi) is 7.35. The number of carbonyl (C=O) groups excluding carboxylic acids is 2. The first kappa shape index (κ1) is 21.6. The van der Waals surface area contributed by atoms with Crippen molar-refractivity contribution in [3.8, 4) is 0 Å². The van der Waals surface area contributed by atoms with Crippen LogP contribution in [0.15, 0.2) is 36.4 Å². The van der Waals surface area contributed by atoms with Gasteiger partial charge in [-0.05, 0) is 63.9 Å². The molecule has 2 aromatic carbocycles. The summed E-state index contributed by atoms with van der Waals surface area (Å²) in [5.74, 6) is -0.231. The third-order valence-electron chi connectivity index (χ3n) is 4.80. The maximum absolute atomic E-state index is 12.4. The molecule has 0 heterocycles. The Bertz CT molecular complexity index is 838. The highest BCUT2D eigenvalue weighted by Crippen LogP contribution is 2.21. The van der Waals surface area contributed by atoms with Crippen molar-refractivity contribution in [1.29, 1.82) is 0 Å². The second kappa shape index (κ2) is 9.51. The molecule has 5 nitrogen and oxygen atoms in total. The molecule has 0 aliphatic carbocycles. The zero-order chi connectivity index (χ0) is 20.8. The van der Waals surface area contributed by atoms with Crippen LogP contribution in [0.1, 0.15) is 40.8 Å². The number of likely N-dealkylation sites (N-methyl/N-ethyl adjacent to an activating group) is 1. The van der Waals surface area contributed by atoms with Gasteiger partial charge in [-0.15, -0.1) is 0 Å². The number of amides is 2. The van der Waals surface area contributed by atoms with Gasteiger partial charge in [-0.2, -0.15) is 0 Å². The third kappa shape index (κ3) is 5.92. The van der Waals surface area contributed by atoms with E-state index in [1.165, 1.54) is 5.56 Å². The second-order valence-electron chi connectivity index (χ2n) is 7.64. The van der Waals surface area contributed by atoms with Crippen LogP contribution in [0.2, 0.25) is 0 Å². The molecule has 28 heavy (non-hydrogen) atoms. The highest BCUT2D eigenvalue weighted by Gasteiger charge is 2.15. The molecule has 0 saturated heterocycles. The van der Waals surface area contributed by atoms with Crippen LogP contribution in [0.5, 0.6) is 0 Å². The van der Waals surface area contributed by atoms with Gasteiger partial charge in [-0.25, -0.2) is 0 Å². The van der Waals surface area contributed by atoms with E-state index in [9.17, 15) is 9.59 Å². The summed E-state index contributed by atoms with van der Waals surface area (Å²) >= 11 is 0. The van der Waals surface area contributed by atoms with Crippen molar-refractivity contribution in [2.45, 2.75) is 40.7 Å². The maximum Gasteiger partial charge on any atom is 0.238 e. The van der Waals surface area contributed by atoms with Gasteiger partial charge in [0.1, 0.15) is 0 Å². The smallest absolute Gasteiger partial charge is 0.238 e. The summed E-state index contributed by atoms with van der Waals surface area (Å²) in [4.78, 5) is 26.5. The van der Waals surface area contributed by atoms with Crippen molar-refractivity contribution in [3.63, 3.8) is 0 Å². The topological polar surface area (TPSA) is 61.4 Å². The summed E-state index contributed by atoms with van der Waals surface area (Å²) in [6.07, 6.45) is 0.